The molecule has 0 aromatic carbocycles. The van der Waals surface area contributed by atoms with Gasteiger partial charge in [0.15, 0.2) is 10.8 Å². The van der Waals surface area contributed by atoms with Gasteiger partial charge in [-0.2, -0.15) is 4.98 Å². The van der Waals surface area contributed by atoms with E-state index in [-0.39, 0.29) is 0 Å². The maximum atomic E-state index is 5.06. The Kier molecular flexibility index (Phi) is 4.34. The SMILES string of the molecule is Cc1nc(CN2CCCC(NCc3c(C)nc4sccn34)C2)no1. The summed E-state index contributed by atoms with van der Waals surface area (Å²) < 4.78 is 7.25. The van der Waals surface area contributed by atoms with Gasteiger partial charge in [0.05, 0.1) is 17.9 Å². The molecule has 1 aliphatic heterocycles. The first-order valence-electron chi connectivity index (χ1n) is 8.35. The molecule has 0 spiro atoms. The molecule has 1 saturated heterocycles. The fourth-order valence-corrected chi connectivity index (χ4v) is 4.14. The van der Waals surface area contributed by atoms with Gasteiger partial charge in [0.1, 0.15) is 0 Å². The van der Waals surface area contributed by atoms with Crippen molar-refractivity contribution < 1.29 is 4.52 Å². The minimum absolute atomic E-state index is 0.482. The van der Waals surface area contributed by atoms with Crippen LogP contribution in [0.25, 0.3) is 4.96 Å². The van der Waals surface area contributed by atoms with Crippen LogP contribution in [0.3, 0.4) is 0 Å². The number of nitrogens with zero attached hydrogens (tertiary/aromatic N) is 5. The van der Waals surface area contributed by atoms with E-state index in [0.717, 1.165) is 42.7 Å². The van der Waals surface area contributed by atoms with E-state index in [1.165, 1.54) is 18.5 Å². The summed E-state index contributed by atoms with van der Waals surface area (Å²) in [6, 6.07) is 0.482. The number of aryl methyl sites for hydroxylation is 2. The van der Waals surface area contributed by atoms with Gasteiger partial charge in [-0.25, -0.2) is 4.98 Å². The number of piperidine rings is 1. The van der Waals surface area contributed by atoms with Crippen LogP contribution in [0.4, 0.5) is 0 Å². The third-order valence-corrected chi connectivity index (χ3v) is 5.32. The molecule has 1 aliphatic rings. The molecule has 1 atom stereocenters. The molecule has 1 fully saturated rings. The predicted octanol–water partition coefficient (Wildman–Crippen LogP) is 2.15. The average Bonchev–Trinajstić information content (AvgIpc) is 3.23. The third kappa shape index (κ3) is 3.22. The number of nitrogens with one attached hydrogen (secondary N) is 1. The van der Waals surface area contributed by atoms with E-state index in [1.807, 2.05) is 6.92 Å². The molecule has 0 amide bonds. The van der Waals surface area contributed by atoms with E-state index in [1.54, 1.807) is 11.3 Å². The van der Waals surface area contributed by atoms with Gasteiger partial charge in [0.2, 0.25) is 5.89 Å². The van der Waals surface area contributed by atoms with Crippen LogP contribution in [0.5, 0.6) is 0 Å². The lowest BCUT2D eigenvalue weighted by Crippen LogP contribution is -2.45. The summed E-state index contributed by atoms with van der Waals surface area (Å²) in [5.74, 6) is 1.41. The van der Waals surface area contributed by atoms with Crippen molar-refractivity contribution in [2.24, 2.45) is 0 Å². The van der Waals surface area contributed by atoms with Gasteiger partial charge in [-0.3, -0.25) is 9.30 Å². The number of likely N-dealkylation sites (tertiary alicyclic amines) is 1. The summed E-state index contributed by atoms with van der Waals surface area (Å²) in [7, 11) is 0. The van der Waals surface area contributed by atoms with Crippen LogP contribution in [0.1, 0.15) is 35.9 Å². The molecule has 1 N–H and O–H groups in total. The van der Waals surface area contributed by atoms with E-state index in [0.29, 0.717) is 11.9 Å². The highest BCUT2D eigenvalue weighted by atomic mass is 32.1. The van der Waals surface area contributed by atoms with Gasteiger partial charge in [-0.15, -0.1) is 11.3 Å². The Labute approximate surface area is 144 Å². The van der Waals surface area contributed by atoms with Crippen LogP contribution in [0, 0.1) is 13.8 Å². The maximum Gasteiger partial charge on any atom is 0.223 e. The summed E-state index contributed by atoms with van der Waals surface area (Å²) in [5, 5.41) is 9.79. The molecule has 0 aliphatic carbocycles. The van der Waals surface area contributed by atoms with E-state index in [4.69, 9.17) is 4.52 Å². The monoisotopic (exact) mass is 346 g/mol. The highest BCUT2D eigenvalue weighted by molar-refractivity contribution is 7.15. The van der Waals surface area contributed by atoms with Gasteiger partial charge in [0.25, 0.3) is 0 Å². The molecular formula is C16H22N6OS. The summed E-state index contributed by atoms with van der Waals surface area (Å²) in [5.41, 5.74) is 2.38. The predicted molar refractivity (Wildman–Crippen MR) is 92.0 cm³/mol. The maximum absolute atomic E-state index is 5.06. The lowest BCUT2D eigenvalue weighted by atomic mass is 10.1. The Morgan fingerprint density at radius 1 is 1.38 bits per heavy atom. The number of imidazole rings is 1. The Morgan fingerprint density at radius 3 is 3.12 bits per heavy atom. The molecule has 128 valence electrons. The number of thiazole rings is 1. The van der Waals surface area contributed by atoms with Crippen molar-refractivity contribution in [1.82, 2.24) is 29.7 Å². The Morgan fingerprint density at radius 2 is 2.29 bits per heavy atom. The van der Waals surface area contributed by atoms with Gasteiger partial charge in [-0.1, -0.05) is 5.16 Å². The number of fused-ring (bicyclic) bond motifs is 1. The van der Waals surface area contributed by atoms with E-state index >= 15 is 0 Å². The van der Waals surface area contributed by atoms with Crippen molar-refractivity contribution in [2.75, 3.05) is 13.1 Å². The summed E-state index contributed by atoms with van der Waals surface area (Å²) in [4.78, 5) is 12.4. The zero-order valence-electron chi connectivity index (χ0n) is 14.0. The summed E-state index contributed by atoms with van der Waals surface area (Å²) >= 11 is 1.68. The minimum atomic E-state index is 0.482. The first kappa shape index (κ1) is 15.7. The number of aromatic nitrogens is 4. The van der Waals surface area contributed by atoms with E-state index in [2.05, 4.69) is 48.2 Å². The van der Waals surface area contributed by atoms with Crippen LogP contribution in [-0.4, -0.2) is 43.6 Å². The van der Waals surface area contributed by atoms with Gasteiger partial charge in [0, 0.05) is 37.6 Å². The van der Waals surface area contributed by atoms with Gasteiger partial charge >= 0.3 is 0 Å². The fraction of sp³-hybridized carbons (Fsp3) is 0.562. The molecule has 0 saturated carbocycles. The molecule has 0 bridgehead atoms. The van der Waals surface area contributed by atoms with Crippen molar-refractivity contribution in [2.45, 2.75) is 45.8 Å². The van der Waals surface area contributed by atoms with E-state index < -0.39 is 0 Å². The largest absolute Gasteiger partial charge is 0.340 e. The molecular weight excluding hydrogens is 324 g/mol. The highest BCUT2D eigenvalue weighted by Crippen LogP contribution is 2.18. The third-order valence-electron chi connectivity index (χ3n) is 4.56. The first-order chi connectivity index (χ1) is 11.7. The van der Waals surface area contributed by atoms with Crippen LogP contribution < -0.4 is 5.32 Å². The van der Waals surface area contributed by atoms with Crippen LogP contribution >= 0.6 is 11.3 Å². The molecule has 24 heavy (non-hydrogen) atoms. The second kappa shape index (κ2) is 6.62. The van der Waals surface area contributed by atoms with Crippen molar-refractivity contribution in [3.05, 3.63) is 34.7 Å². The minimum Gasteiger partial charge on any atom is -0.340 e. The second-order valence-corrected chi connectivity index (χ2v) is 7.26. The normalized spacial score (nSPS) is 19.3. The first-order valence-corrected chi connectivity index (χ1v) is 9.23. The molecule has 1 unspecified atom stereocenters. The smallest absolute Gasteiger partial charge is 0.223 e. The average molecular weight is 346 g/mol. The van der Waals surface area contributed by atoms with Crippen LogP contribution in [0.2, 0.25) is 0 Å². The summed E-state index contributed by atoms with van der Waals surface area (Å²) in [6.07, 6.45) is 4.49. The molecule has 3 aromatic rings. The lowest BCUT2D eigenvalue weighted by Gasteiger charge is -2.32. The van der Waals surface area contributed by atoms with Crippen molar-refractivity contribution in [3.63, 3.8) is 0 Å². The number of hydrogen-bond donors (Lipinski definition) is 1. The van der Waals surface area contributed by atoms with Crippen LogP contribution in [0.15, 0.2) is 16.1 Å². The van der Waals surface area contributed by atoms with Gasteiger partial charge < -0.3 is 9.84 Å². The number of hydrogen-bond acceptors (Lipinski definition) is 7. The van der Waals surface area contributed by atoms with Crippen molar-refractivity contribution >= 4 is 16.3 Å². The topological polar surface area (TPSA) is 71.5 Å². The Hall–Kier alpha value is -1.77. The quantitative estimate of drug-likeness (QED) is 0.763. The molecule has 0 radical (unpaired) electrons. The molecule has 7 nitrogen and oxygen atoms in total. The van der Waals surface area contributed by atoms with E-state index in [9.17, 15) is 0 Å². The Bertz CT molecular complexity index is 822. The van der Waals surface area contributed by atoms with Crippen molar-refractivity contribution in [1.29, 1.82) is 0 Å². The zero-order valence-corrected chi connectivity index (χ0v) is 14.8. The lowest BCUT2D eigenvalue weighted by molar-refractivity contribution is 0.177. The number of rotatable bonds is 5. The zero-order chi connectivity index (χ0) is 16.5. The standard InChI is InChI=1S/C16H22N6OS/c1-11-14(22-6-7-24-16(22)18-11)8-17-13-4-3-5-21(9-13)10-15-19-12(2)23-20-15/h6-7,13,17H,3-5,8-10H2,1-2H3. The fourth-order valence-electron chi connectivity index (χ4n) is 3.37. The second-order valence-electron chi connectivity index (χ2n) is 6.38. The summed E-state index contributed by atoms with van der Waals surface area (Å²) in [6.45, 7) is 7.63. The Balaban J connectivity index is 1.36. The van der Waals surface area contributed by atoms with Crippen LogP contribution in [-0.2, 0) is 13.1 Å². The molecule has 4 rings (SSSR count). The molecule has 4 heterocycles. The van der Waals surface area contributed by atoms with Gasteiger partial charge in [-0.05, 0) is 26.3 Å². The molecule has 8 heteroatoms. The highest BCUT2D eigenvalue weighted by Gasteiger charge is 2.21. The molecule has 3 aromatic heterocycles. The van der Waals surface area contributed by atoms with Crippen molar-refractivity contribution in [3.8, 4) is 0 Å².